The molecule has 1 fully saturated rings. The van der Waals surface area contributed by atoms with E-state index in [1.54, 1.807) is 4.31 Å². The van der Waals surface area contributed by atoms with E-state index in [4.69, 9.17) is 0 Å². The Morgan fingerprint density at radius 3 is 2.56 bits per heavy atom. The number of hydrogen-bond acceptors (Lipinski definition) is 3. The van der Waals surface area contributed by atoms with Gasteiger partial charge in [-0.05, 0) is 24.7 Å². The largest absolute Gasteiger partial charge is 0.393 e. The fourth-order valence-corrected chi connectivity index (χ4v) is 4.02. The van der Waals surface area contributed by atoms with Crippen LogP contribution in [0.3, 0.4) is 0 Å². The lowest BCUT2D eigenvalue weighted by molar-refractivity contribution is 0.0520. The first-order valence-electron chi connectivity index (χ1n) is 6.02. The van der Waals surface area contributed by atoms with Crippen LogP contribution in [-0.2, 0) is 10.0 Å². The molecule has 16 heavy (non-hydrogen) atoms. The molecule has 4 nitrogen and oxygen atoms in total. The van der Waals surface area contributed by atoms with E-state index in [0.717, 1.165) is 6.42 Å². The molecular formula is C11H23NO3S. The van der Waals surface area contributed by atoms with Crippen LogP contribution < -0.4 is 0 Å². The third-order valence-electron chi connectivity index (χ3n) is 3.12. The van der Waals surface area contributed by atoms with Crippen molar-refractivity contribution in [3.8, 4) is 0 Å². The van der Waals surface area contributed by atoms with Crippen LogP contribution in [0.25, 0.3) is 0 Å². The zero-order chi connectivity index (χ0) is 12.3. The monoisotopic (exact) mass is 249 g/mol. The van der Waals surface area contributed by atoms with Crippen molar-refractivity contribution in [3.05, 3.63) is 0 Å². The standard InChI is InChI=1S/C11H23NO3S/c1-4-10-7-12(6-5-11(10)13)16(14,15)8-9(2)3/h9-11,13H,4-8H2,1-3H3. The molecular weight excluding hydrogens is 226 g/mol. The van der Waals surface area contributed by atoms with Gasteiger partial charge >= 0.3 is 0 Å². The molecule has 0 amide bonds. The molecule has 0 bridgehead atoms. The Morgan fingerprint density at radius 2 is 2.06 bits per heavy atom. The van der Waals surface area contributed by atoms with Gasteiger partial charge in [0.1, 0.15) is 0 Å². The second kappa shape index (κ2) is 5.47. The number of piperidine rings is 1. The summed E-state index contributed by atoms with van der Waals surface area (Å²) in [6, 6.07) is 0. The summed E-state index contributed by atoms with van der Waals surface area (Å²) in [6.45, 7) is 6.76. The summed E-state index contributed by atoms with van der Waals surface area (Å²) in [5, 5.41) is 9.71. The number of sulfonamides is 1. The van der Waals surface area contributed by atoms with Gasteiger partial charge in [0.05, 0.1) is 11.9 Å². The number of rotatable bonds is 4. The minimum atomic E-state index is -3.13. The maximum Gasteiger partial charge on any atom is 0.214 e. The molecule has 1 saturated heterocycles. The molecule has 0 saturated carbocycles. The first kappa shape index (κ1) is 13.9. The van der Waals surface area contributed by atoms with E-state index < -0.39 is 10.0 Å². The minimum absolute atomic E-state index is 0.0932. The lowest BCUT2D eigenvalue weighted by Gasteiger charge is -2.35. The highest BCUT2D eigenvalue weighted by atomic mass is 32.2. The Morgan fingerprint density at radius 1 is 1.44 bits per heavy atom. The van der Waals surface area contributed by atoms with Crippen molar-refractivity contribution in [2.75, 3.05) is 18.8 Å². The Kier molecular flexibility index (Phi) is 4.76. The summed E-state index contributed by atoms with van der Waals surface area (Å²) in [5.74, 6) is 0.451. The van der Waals surface area contributed by atoms with Crippen molar-refractivity contribution in [1.29, 1.82) is 0 Å². The Bertz CT molecular complexity index is 313. The smallest absolute Gasteiger partial charge is 0.214 e. The van der Waals surface area contributed by atoms with Crippen LogP contribution in [0.1, 0.15) is 33.6 Å². The number of aliphatic hydroxyl groups is 1. The van der Waals surface area contributed by atoms with Gasteiger partial charge < -0.3 is 5.11 Å². The van der Waals surface area contributed by atoms with Crippen LogP contribution in [0.15, 0.2) is 0 Å². The maximum absolute atomic E-state index is 12.0. The van der Waals surface area contributed by atoms with Gasteiger partial charge in [-0.2, -0.15) is 0 Å². The molecule has 2 unspecified atom stereocenters. The summed E-state index contributed by atoms with van der Waals surface area (Å²) in [6.07, 6.45) is 1.06. The van der Waals surface area contributed by atoms with E-state index >= 15 is 0 Å². The van der Waals surface area contributed by atoms with Gasteiger partial charge in [-0.1, -0.05) is 20.8 Å². The Balaban J connectivity index is 2.68. The molecule has 5 heteroatoms. The first-order valence-corrected chi connectivity index (χ1v) is 7.63. The number of nitrogens with zero attached hydrogens (tertiary/aromatic N) is 1. The van der Waals surface area contributed by atoms with Gasteiger partial charge in [-0.3, -0.25) is 0 Å². The van der Waals surface area contributed by atoms with Gasteiger partial charge in [0, 0.05) is 13.1 Å². The van der Waals surface area contributed by atoms with Gasteiger partial charge in [0.15, 0.2) is 0 Å². The van der Waals surface area contributed by atoms with Crippen molar-refractivity contribution in [1.82, 2.24) is 4.31 Å². The number of hydrogen-bond donors (Lipinski definition) is 1. The second-order valence-electron chi connectivity index (χ2n) is 5.05. The summed E-state index contributed by atoms with van der Waals surface area (Å²) in [5.41, 5.74) is 0. The predicted molar refractivity (Wildman–Crippen MR) is 64.6 cm³/mol. The molecule has 1 N–H and O–H groups in total. The van der Waals surface area contributed by atoms with E-state index in [1.165, 1.54) is 0 Å². The molecule has 2 atom stereocenters. The van der Waals surface area contributed by atoms with E-state index in [-0.39, 0.29) is 23.7 Å². The van der Waals surface area contributed by atoms with Crippen LogP contribution >= 0.6 is 0 Å². The number of aliphatic hydroxyl groups excluding tert-OH is 1. The zero-order valence-corrected chi connectivity index (χ0v) is 11.2. The molecule has 0 aromatic rings. The van der Waals surface area contributed by atoms with Crippen molar-refractivity contribution in [2.45, 2.75) is 39.7 Å². The molecule has 1 heterocycles. The molecule has 1 aliphatic heterocycles. The second-order valence-corrected chi connectivity index (χ2v) is 7.07. The Hall–Kier alpha value is -0.130. The first-order chi connectivity index (χ1) is 7.36. The highest BCUT2D eigenvalue weighted by Crippen LogP contribution is 2.23. The van der Waals surface area contributed by atoms with Gasteiger partial charge in [-0.25, -0.2) is 12.7 Å². The molecule has 0 radical (unpaired) electrons. The summed E-state index contributed by atoms with van der Waals surface area (Å²) in [4.78, 5) is 0. The minimum Gasteiger partial charge on any atom is -0.393 e. The maximum atomic E-state index is 12.0. The Labute approximate surface area is 98.7 Å². The summed E-state index contributed by atoms with van der Waals surface area (Å²) >= 11 is 0. The summed E-state index contributed by atoms with van der Waals surface area (Å²) in [7, 11) is -3.13. The van der Waals surface area contributed by atoms with Crippen LogP contribution in [0.4, 0.5) is 0 Å². The average Bonchev–Trinajstić information content (AvgIpc) is 2.16. The lowest BCUT2D eigenvalue weighted by Crippen LogP contribution is -2.46. The normalized spacial score (nSPS) is 28.6. The van der Waals surface area contributed by atoms with Crippen LogP contribution in [0.2, 0.25) is 0 Å². The van der Waals surface area contributed by atoms with E-state index in [9.17, 15) is 13.5 Å². The molecule has 1 rings (SSSR count). The topological polar surface area (TPSA) is 57.6 Å². The third kappa shape index (κ3) is 3.43. The van der Waals surface area contributed by atoms with Gasteiger partial charge in [0.25, 0.3) is 0 Å². The molecule has 0 aliphatic carbocycles. The highest BCUT2D eigenvalue weighted by Gasteiger charge is 2.32. The average molecular weight is 249 g/mol. The summed E-state index contributed by atoms with van der Waals surface area (Å²) < 4.78 is 25.6. The van der Waals surface area contributed by atoms with Gasteiger partial charge in [-0.15, -0.1) is 0 Å². The third-order valence-corrected chi connectivity index (χ3v) is 5.32. The molecule has 0 aromatic heterocycles. The van der Waals surface area contributed by atoms with Crippen LogP contribution in [0.5, 0.6) is 0 Å². The van der Waals surface area contributed by atoms with Crippen LogP contribution in [-0.4, -0.2) is 42.8 Å². The molecule has 0 spiro atoms. The molecule has 1 aliphatic rings. The fourth-order valence-electron chi connectivity index (χ4n) is 2.17. The van der Waals surface area contributed by atoms with Crippen molar-refractivity contribution in [2.24, 2.45) is 11.8 Å². The van der Waals surface area contributed by atoms with Crippen molar-refractivity contribution >= 4 is 10.0 Å². The van der Waals surface area contributed by atoms with E-state index in [2.05, 4.69) is 0 Å². The highest BCUT2D eigenvalue weighted by molar-refractivity contribution is 7.89. The van der Waals surface area contributed by atoms with E-state index in [1.807, 2.05) is 20.8 Å². The molecule has 0 aromatic carbocycles. The van der Waals surface area contributed by atoms with Crippen LogP contribution in [0, 0.1) is 11.8 Å². The SMILES string of the molecule is CCC1CN(S(=O)(=O)CC(C)C)CCC1O. The lowest BCUT2D eigenvalue weighted by atomic mass is 9.94. The van der Waals surface area contributed by atoms with E-state index in [0.29, 0.717) is 19.5 Å². The van der Waals surface area contributed by atoms with Crippen molar-refractivity contribution < 1.29 is 13.5 Å². The zero-order valence-electron chi connectivity index (χ0n) is 10.4. The fraction of sp³-hybridized carbons (Fsp3) is 1.00. The quantitative estimate of drug-likeness (QED) is 0.810. The predicted octanol–water partition coefficient (Wildman–Crippen LogP) is 1.06. The van der Waals surface area contributed by atoms with Crippen molar-refractivity contribution in [3.63, 3.8) is 0 Å². The molecule has 96 valence electrons. The van der Waals surface area contributed by atoms with Gasteiger partial charge in [0.2, 0.25) is 10.0 Å².